The molecule has 0 aliphatic heterocycles. The number of aliphatic hydroxyl groups excluding tert-OH is 1. The molecule has 0 radical (unpaired) electrons. The van der Waals surface area contributed by atoms with E-state index in [4.69, 9.17) is 4.42 Å². The van der Waals surface area contributed by atoms with Crippen molar-refractivity contribution in [3.05, 3.63) is 84.1 Å². The van der Waals surface area contributed by atoms with Gasteiger partial charge in [-0.1, -0.05) is 54.6 Å². The van der Waals surface area contributed by atoms with Crippen LogP contribution in [0.4, 0.5) is 0 Å². The smallest absolute Gasteiger partial charge is 0.138 e. The Bertz CT molecular complexity index is 888. The van der Waals surface area contributed by atoms with Crippen LogP contribution in [0, 0.1) is 0 Å². The van der Waals surface area contributed by atoms with Crippen LogP contribution in [0.3, 0.4) is 0 Å². The highest BCUT2D eigenvalue weighted by molar-refractivity contribution is 5.83. The molecule has 4 rings (SSSR count). The summed E-state index contributed by atoms with van der Waals surface area (Å²) in [6, 6.07) is 23.8. The third-order valence-electron chi connectivity index (χ3n) is 3.80. The summed E-state index contributed by atoms with van der Waals surface area (Å²) >= 11 is 0. The van der Waals surface area contributed by atoms with Crippen LogP contribution in [-0.2, 0) is 0 Å². The maximum Gasteiger partial charge on any atom is 0.138 e. The molecule has 2 nitrogen and oxygen atoms in total. The molecule has 2 heteroatoms. The largest absolute Gasteiger partial charge is 0.458 e. The summed E-state index contributed by atoms with van der Waals surface area (Å²) in [7, 11) is 0. The molecule has 0 saturated carbocycles. The second-order valence-electron chi connectivity index (χ2n) is 5.20. The van der Waals surface area contributed by atoms with Gasteiger partial charge in [0.1, 0.15) is 17.4 Å². The van der Waals surface area contributed by atoms with Crippen molar-refractivity contribution in [1.29, 1.82) is 0 Å². The quantitative estimate of drug-likeness (QED) is 0.576. The number of aliphatic hydroxyl groups is 1. The first-order valence-electron chi connectivity index (χ1n) is 6.96. The SMILES string of the molecule is OC(c1ccc2ccccc2c1)c1cc2ccccc2o1. The Morgan fingerprint density at radius 2 is 1.43 bits per heavy atom. The Labute approximate surface area is 122 Å². The lowest BCUT2D eigenvalue weighted by Gasteiger charge is -2.09. The zero-order valence-corrected chi connectivity index (χ0v) is 11.4. The Morgan fingerprint density at radius 3 is 2.24 bits per heavy atom. The van der Waals surface area contributed by atoms with Crippen LogP contribution in [0.2, 0.25) is 0 Å². The highest BCUT2D eigenvalue weighted by atomic mass is 16.4. The molecular weight excluding hydrogens is 260 g/mol. The molecular formula is C19H14O2. The van der Waals surface area contributed by atoms with Crippen molar-refractivity contribution in [2.75, 3.05) is 0 Å². The van der Waals surface area contributed by atoms with Crippen LogP contribution in [0.1, 0.15) is 17.4 Å². The van der Waals surface area contributed by atoms with E-state index in [2.05, 4.69) is 6.07 Å². The third kappa shape index (κ3) is 2.10. The number of benzene rings is 3. The van der Waals surface area contributed by atoms with Gasteiger partial charge in [0.05, 0.1) is 0 Å². The van der Waals surface area contributed by atoms with Gasteiger partial charge in [-0.05, 0) is 34.5 Å². The lowest BCUT2D eigenvalue weighted by Crippen LogP contribution is -1.97. The van der Waals surface area contributed by atoms with Crippen molar-refractivity contribution in [2.24, 2.45) is 0 Å². The Kier molecular flexibility index (Phi) is 2.76. The standard InChI is InChI=1S/C19H14O2/c20-19(18-12-15-7-3-4-8-17(15)21-18)16-10-9-13-5-1-2-6-14(13)11-16/h1-12,19-20H. The molecule has 102 valence electrons. The summed E-state index contributed by atoms with van der Waals surface area (Å²) in [5, 5.41) is 13.8. The first kappa shape index (κ1) is 12.2. The molecule has 0 saturated heterocycles. The van der Waals surface area contributed by atoms with Crippen LogP contribution in [0.5, 0.6) is 0 Å². The second kappa shape index (κ2) is 4.76. The van der Waals surface area contributed by atoms with Crippen molar-refractivity contribution in [3.8, 4) is 0 Å². The second-order valence-corrected chi connectivity index (χ2v) is 5.20. The first-order valence-corrected chi connectivity index (χ1v) is 6.96. The molecule has 1 aromatic heterocycles. The Balaban J connectivity index is 1.79. The minimum absolute atomic E-state index is 0.575. The van der Waals surface area contributed by atoms with Crippen LogP contribution in [0.25, 0.3) is 21.7 Å². The molecule has 0 bridgehead atoms. The van der Waals surface area contributed by atoms with Gasteiger partial charge in [-0.3, -0.25) is 0 Å². The highest BCUT2D eigenvalue weighted by Crippen LogP contribution is 2.29. The number of para-hydroxylation sites is 1. The van der Waals surface area contributed by atoms with E-state index in [1.165, 1.54) is 0 Å². The van der Waals surface area contributed by atoms with Crippen molar-refractivity contribution in [1.82, 2.24) is 0 Å². The fourth-order valence-corrected chi connectivity index (χ4v) is 2.68. The molecule has 1 atom stereocenters. The lowest BCUT2D eigenvalue weighted by atomic mass is 10.0. The van der Waals surface area contributed by atoms with Crippen LogP contribution >= 0.6 is 0 Å². The van der Waals surface area contributed by atoms with Gasteiger partial charge in [0.25, 0.3) is 0 Å². The number of rotatable bonds is 2. The summed E-state index contributed by atoms with van der Waals surface area (Å²) in [6.45, 7) is 0. The van der Waals surface area contributed by atoms with Gasteiger partial charge in [-0.15, -0.1) is 0 Å². The number of hydrogen-bond acceptors (Lipinski definition) is 2. The Hall–Kier alpha value is -2.58. The number of furan rings is 1. The molecule has 21 heavy (non-hydrogen) atoms. The van der Waals surface area contributed by atoms with Crippen LogP contribution in [-0.4, -0.2) is 5.11 Å². The van der Waals surface area contributed by atoms with Crippen LogP contribution < -0.4 is 0 Å². The fraction of sp³-hybridized carbons (Fsp3) is 0.0526. The van der Waals surface area contributed by atoms with E-state index in [1.807, 2.05) is 66.7 Å². The summed E-state index contributed by atoms with van der Waals surface area (Å²) in [6.07, 6.45) is -0.748. The maximum absolute atomic E-state index is 10.6. The molecule has 1 unspecified atom stereocenters. The van der Waals surface area contributed by atoms with E-state index in [9.17, 15) is 5.11 Å². The number of fused-ring (bicyclic) bond motifs is 2. The first-order chi connectivity index (χ1) is 10.3. The minimum atomic E-state index is -0.748. The van der Waals surface area contributed by atoms with E-state index in [1.54, 1.807) is 0 Å². The zero-order valence-electron chi connectivity index (χ0n) is 11.4. The lowest BCUT2D eigenvalue weighted by molar-refractivity contribution is 0.192. The van der Waals surface area contributed by atoms with Gasteiger partial charge in [0.15, 0.2) is 0 Å². The fourth-order valence-electron chi connectivity index (χ4n) is 2.68. The van der Waals surface area contributed by atoms with Crippen molar-refractivity contribution >= 4 is 21.7 Å². The Morgan fingerprint density at radius 1 is 0.714 bits per heavy atom. The van der Waals surface area contributed by atoms with E-state index in [0.29, 0.717) is 5.76 Å². The molecule has 0 amide bonds. The zero-order chi connectivity index (χ0) is 14.2. The molecule has 0 aliphatic rings. The molecule has 4 aromatic rings. The maximum atomic E-state index is 10.6. The summed E-state index contributed by atoms with van der Waals surface area (Å²) in [5.41, 5.74) is 1.64. The number of hydrogen-bond donors (Lipinski definition) is 1. The predicted molar refractivity (Wildman–Crippen MR) is 84.2 cm³/mol. The van der Waals surface area contributed by atoms with Gasteiger partial charge in [-0.25, -0.2) is 0 Å². The average Bonchev–Trinajstić information content (AvgIpc) is 2.97. The third-order valence-corrected chi connectivity index (χ3v) is 3.80. The van der Waals surface area contributed by atoms with Gasteiger partial charge in [0, 0.05) is 5.39 Å². The van der Waals surface area contributed by atoms with Crippen LogP contribution in [0.15, 0.2) is 77.2 Å². The molecule has 0 spiro atoms. The summed E-state index contributed by atoms with van der Waals surface area (Å²) < 4.78 is 5.75. The highest BCUT2D eigenvalue weighted by Gasteiger charge is 2.15. The molecule has 1 heterocycles. The average molecular weight is 274 g/mol. The van der Waals surface area contributed by atoms with Gasteiger partial charge in [0.2, 0.25) is 0 Å². The molecule has 3 aromatic carbocycles. The van der Waals surface area contributed by atoms with Crippen molar-refractivity contribution in [3.63, 3.8) is 0 Å². The summed E-state index contributed by atoms with van der Waals surface area (Å²) in [5.74, 6) is 0.575. The van der Waals surface area contributed by atoms with Gasteiger partial charge in [-0.2, -0.15) is 0 Å². The van der Waals surface area contributed by atoms with Gasteiger partial charge >= 0.3 is 0 Å². The summed E-state index contributed by atoms with van der Waals surface area (Å²) in [4.78, 5) is 0. The van der Waals surface area contributed by atoms with E-state index in [0.717, 1.165) is 27.3 Å². The van der Waals surface area contributed by atoms with E-state index >= 15 is 0 Å². The van der Waals surface area contributed by atoms with E-state index in [-0.39, 0.29) is 0 Å². The van der Waals surface area contributed by atoms with E-state index < -0.39 is 6.10 Å². The minimum Gasteiger partial charge on any atom is -0.458 e. The predicted octanol–water partition coefficient (Wildman–Crippen LogP) is 4.67. The van der Waals surface area contributed by atoms with Crippen molar-refractivity contribution in [2.45, 2.75) is 6.10 Å². The van der Waals surface area contributed by atoms with Crippen molar-refractivity contribution < 1.29 is 9.52 Å². The molecule has 0 fully saturated rings. The molecule has 0 aliphatic carbocycles. The normalized spacial score (nSPS) is 12.8. The topological polar surface area (TPSA) is 33.4 Å². The van der Waals surface area contributed by atoms with Gasteiger partial charge < -0.3 is 9.52 Å². The monoisotopic (exact) mass is 274 g/mol. The molecule has 1 N–H and O–H groups in total.